The molecule has 0 fully saturated rings. The van der Waals surface area contributed by atoms with Crippen molar-refractivity contribution in [2.24, 2.45) is 0 Å². The lowest BCUT2D eigenvalue weighted by Crippen LogP contribution is -2.11. The maximum Gasteiger partial charge on any atom is 0.238 e. The van der Waals surface area contributed by atoms with E-state index >= 15 is 0 Å². The van der Waals surface area contributed by atoms with Gasteiger partial charge in [0.2, 0.25) is 11.8 Å². The van der Waals surface area contributed by atoms with Crippen molar-refractivity contribution in [3.05, 3.63) is 58.2 Å². The second kappa shape index (κ2) is 9.77. The first-order valence-corrected chi connectivity index (χ1v) is 10.1. The monoisotopic (exact) mass is 472 g/mol. The zero-order valence-corrected chi connectivity index (χ0v) is 19.3. The topological polar surface area (TPSA) is 68.7 Å². The number of methoxy groups -OCH3 is 2. The summed E-state index contributed by atoms with van der Waals surface area (Å²) >= 11 is 3.48. The Labute approximate surface area is 185 Å². The normalized spacial score (nSPS) is 10.8. The number of ether oxygens (including phenoxy) is 3. The first kappa shape index (κ1) is 21.9. The standard InChI is InChI=1S/C22H25BrN4O3/c1-14-10-16(11-19(28-4)20(14)29-5)25-22-24-12-17(23)21(26-22)30-18-9-7-6-8-15(18)13-27(2)3/h6-12H,13H2,1-5H3,(H,24,25,26). The molecule has 0 aliphatic heterocycles. The van der Waals surface area contributed by atoms with Gasteiger partial charge in [-0.05, 0) is 54.6 Å². The van der Waals surface area contributed by atoms with E-state index in [4.69, 9.17) is 14.2 Å². The van der Waals surface area contributed by atoms with Crippen LogP contribution in [-0.2, 0) is 6.54 Å². The molecule has 3 aromatic rings. The maximum atomic E-state index is 6.12. The molecule has 1 N–H and O–H groups in total. The number of halogens is 1. The van der Waals surface area contributed by atoms with Gasteiger partial charge in [-0.15, -0.1) is 0 Å². The van der Waals surface area contributed by atoms with Crippen LogP contribution in [0.1, 0.15) is 11.1 Å². The molecule has 30 heavy (non-hydrogen) atoms. The molecule has 0 unspecified atom stereocenters. The number of hydrogen-bond acceptors (Lipinski definition) is 7. The third-order valence-electron chi connectivity index (χ3n) is 4.30. The van der Waals surface area contributed by atoms with E-state index in [9.17, 15) is 0 Å². The maximum absolute atomic E-state index is 6.12. The number of benzene rings is 2. The average Bonchev–Trinajstić information content (AvgIpc) is 2.71. The van der Waals surface area contributed by atoms with Gasteiger partial charge in [0.05, 0.1) is 24.9 Å². The van der Waals surface area contributed by atoms with Crippen LogP contribution in [0.2, 0.25) is 0 Å². The van der Waals surface area contributed by atoms with Gasteiger partial charge < -0.3 is 24.4 Å². The number of rotatable bonds is 8. The van der Waals surface area contributed by atoms with Gasteiger partial charge >= 0.3 is 0 Å². The summed E-state index contributed by atoms with van der Waals surface area (Å²) in [7, 11) is 7.26. The van der Waals surface area contributed by atoms with Gasteiger partial charge in [-0.3, -0.25) is 0 Å². The second-order valence-electron chi connectivity index (χ2n) is 6.95. The van der Waals surface area contributed by atoms with Gasteiger partial charge in [-0.1, -0.05) is 18.2 Å². The van der Waals surface area contributed by atoms with Crippen molar-refractivity contribution in [3.63, 3.8) is 0 Å². The highest BCUT2D eigenvalue weighted by atomic mass is 79.9. The predicted octanol–water partition coefficient (Wildman–Crippen LogP) is 5.16. The quantitative estimate of drug-likeness (QED) is 0.485. The van der Waals surface area contributed by atoms with E-state index < -0.39 is 0 Å². The number of nitrogens with zero attached hydrogens (tertiary/aromatic N) is 3. The van der Waals surface area contributed by atoms with E-state index in [1.807, 2.05) is 57.4 Å². The lowest BCUT2D eigenvalue weighted by Gasteiger charge is -2.16. The van der Waals surface area contributed by atoms with E-state index in [0.717, 1.165) is 29.1 Å². The molecule has 1 heterocycles. The first-order valence-electron chi connectivity index (χ1n) is 9.34. The number of anilines is 2. The lowest BCUT2D eigenvalue weighted by atomic mass is 10.2. The van der Waals surface area contributed by atoms with Gasteiger partial charge in [0.15, 0.2) is 11.5 Å². The summed E-state index contributed by atoms with van der Waals surface area (Å²) in [6.07, 6.45) is 1.66. The fraction of sp³-hybridized carbons (Fsp3) is 0.273. The molecular formula is C22H25BrN4O3. The smallest absolute Gasteiger partial charge is 0.238 e. The van der Waals surface area contributed by atoms with Gasteiger partial charge in [0.1, 0.15) is 5.75 Å². The number of hydrogen-bond donors (Lipinski definition) is 1. The fourth-order valence-corrected chi connectivity index (χ4v) is 3.29. The summed E-state index contributed by atoms with van der Waals surface area (Å²) < 4.78 is 17.6. The van der Waals surface area contributed by atoms with E-state index in [0.29, 0.717) is 27.8 Å². The number of aryl methyl sites for hydroxylation is 1. The van der Waals surface area contributed by atoms with Crippen LogP contribution in [0.25, 0.3) is 0 Å². The largest absolute Gasteiger partial charge is 0.493 e. The Hall–Kier alpha value is -2.84. The highest BCUT2D eigenvalue weighted by molar-refractivity contribution is 9.10. The number of para-hydroxylation sites is 1. The molecule has 0 saturated carbocycles. The Balaban J connectivity index is 1.87. The minimum atomic E-state index is 0.407. The highest BCUT2D eigenvalue weighted by Gasteiger charge is 2.13. The Kier molecular flexibility index (Phi) is 7.12. The van der Waals surface area contributed by atoms with Gasteiger partial charge in [0.25, 0.3) is 0 Å². The summed E-state index contributed by atoms with van der Waals surface area (Å²) in [5.74, 6) is 2.91. The average molecular weight is 473 g/mol. The summed E-state index contributed by atoms with van der Waals surface area (Å²) in [6, 6.07) is 11.7. The van der Waals surface area contributed by atoms with Crippen LogP contribution in [0, 0.1) is 6.92 Å². The van der Waals surface area contributed by atoms with Crippen molar-refractivity contribution in [2.75, 3.05) is 33.6 Å². The van der Waals surface area contributed by atoms with Crippen LogP contribution >= 0.6 is 15.9 Å². The SMILES string of the molecule is COc1cc(Nc2ncc(Br)c(Oc3ccccc3CN(C)C)n2)cc(C)c1OC. The first-order chi connectivity index (χ1) is 14.4. The zero-order valence-electron chi connectivity index (χ0n) is 17.7. The van der Waals surface area contributed by atoms with Crippen LogP contribution < -0.4 is 19.5 Å². The summed E-state index contributed by atoms with van der Waals surface area (Å²) in [5, 5.41) is 3.20. The van der Waals surface area contributed by atoms with Gasteiger partial charge in [0, 0.05) is 23.9 Å². The molecule has 0 aliphatic carbocycles. The van der Waals surface area contributed by atoms with Crippen molar-refractivity contribution in [1.82, 2.24) is 14.9 Å². The molecular weight excluding hydrogens is 448 g/mol. The molecule has 0 bridgehead atoms. The van der Waals surface area contributed by atoms with Crippen molar-refractivity contribution >= 4 is 27.6 Å². The molecule has 0 radical (unpaired) electrons. The van der Waals surface area contributed by atoms with E-state index in [1.54, 1.807) is 20.4 Å². The van der Waals surface area contributed by atoms with Crippen LogP contribution in [0.15, 0.2) is 47.1 Å². The molecule has 3 rings (SSSR count). The van der Waals surface area contributed by atoms with Crippen LogP contribution in [0.4, 0.5) is 11.6 Å². The summed E-state index contributed by atoms with van der Waals surface area (Å²) in [6.45, 7) is 2.71. The van der Waals surface area contributed by atoms with Crippen molar-refractivity contribution < 1.29 is 14.2 Å². The van der Waals surface area contributed by atoms with Crippen molar-refractivity contribution in [1.29, 1.82) is 0 Å². The van der Waals surface area contributed by atoms with Gasteiger partial charge in [-0.25, -0.2) is 4.98 Å². The number of nitrogens with one attached hydrogen (secondary N) is 1. The van der Waals surface area contributed by atoms with Crippen LogP contribution in [0.3, 0.4) is 0 Å². The molecule has 7 nitrogen and oxygen atoms in total. The Morgan fingerprint density at radius 3 is 2.53 bits per heavy atom. The third-order valence-corrected chi connectivity index (χ3v) is 4.84. The molecule has 0 atom stereocenters. The summed E-state index contributed by atoms with van der Waals surface area (Å²) in [4.78, 5) is 11.0. The molecule has 8 heteroatoms. The fourth-order valence-electron chi connectivity index (χ4n) is 3.02. The van der Waals surface area contributed by atoms with Gasteiger partial charge in [-0.2, -0.15) is 4.98 Å². The van der Waals surface area contributed by atoms with Crippen molar-refractivity contribution in [3.8, 4) is 23.1 Å². The Bertz CT molecular complexity index is 1030. The number of aromatic nitrogens is 2. The summed E-state index contributed by atoms with van der Waals surface area (Å²) in [5.41, 5.74) is 2.79. The minimum absolute atomic E-state index is 0.407. The second-order valence-corrected chi connectivity index (χ2v) is 7.80. The van der Waals surface area contributed by atoms with Crippen LogP contribution in [-0.4, -0.2) is 43.2 Å². The molecule has 0 aliphatic rings. The molecule has 0 spiro atoms. The van der Waals surface area contributed by atoms with E-state index in [1.165, 1.54) is 0 Å². The Morgan fingerprint density at radius 1 is 1.07 bits per heavy atom. The lowest BCUT2D eigenvalue weighted by molar-refractivity contribution is 0.353. The van der Waals surface area contributed by atoms with E-state index in [-0.39, 0.29) is 0 Å². The molecule has 158 valence electrons. The molecule has 1 aromatic heterocycles. The van der Waals surface area contributed by atoms with E-state index in [2.05, 4.69) is 36.1 Å². The molecule has 2 aromatic carbocycles. The zero-order chi connectivity index (χ0) is 21.7. The predicted molar refractivity (Wildman–Crippen MR) is 121 cm³/mol. The third kappa shape index (κ3) is 5.20. The highest BCUT2D eigenvalue weighted by Crippen LogP contribution is 2.35. The van der Waals surface area contributed by atoms with Crippen LogP contribution in [0.5, 0.6) is 23.1 Å². The Morgan fingerprint density at radius 2 is 1.83 bits per heavy atom. The molecule has 0 amide bonds. The molecule has 0 saturated heterocycles. The minimum Gasteiger partial charge on any atom is -0.493 e. The van der Waals surface area contributed by atoms with Crippen molar-refractivity contribution in [2.45, 2.75) is 13.5 Å².